The van der Waals surface area contributed by atoms with E-state index in [4.69, 9.17) is 5.73 Å². The lowest BCUT2D eigenvalue weighted by Crippen LogP contribution is -2.03. The predicted octanol–water partition coefficient (Wildman–Crippen LogP) is 3.84. The Bertz CT molecular complexity index is 478. The number of nitrogens with one attached hydrogen (secondary N) is 1. The molecule has 84 valence electrons. The van der Waals surface area contributed by atoms with Gasteiger partial charge in [-0.25, -0.2) is 4.39 Å². The largest absolute Gasteiger partial charge is 0.397 e. The molecule has 2 rings (SSSR count). The molecule has 0 saturated heterocycles. The van der Waals surface area contributed by atoms with E-state index in [-0.39, 0.29) is 5.82 Å². The maximum Gasteiger partial charge on any atom is 0.148 e. The summed E-state index contributed by atoms with van der Waals surface area (Å²) in [6.45, 7) is 0.571. The summed E-state index contributed by atoms with van der Waals surface area (Å²) in [6, 6.07) is 6.66. The molecule has 0 fully saturated rings. The molecule has 1 heterocycles. The molecule has 5 heteroatoms. The molecule has 1 aromatic carbocycles. The molecule has 2 nitrogen and oxygen atoms in total. The van der Waals surface area contributed by atoms with Gasteiger partial charge in [-0.1, -0.05) is 6.07 Å². The van der Waals surface area contributed by atoms with Crippen LogP contribution < -0.4 is 11.1 Å². The van der Waals surface area contributed by atoms with Crippen molar-refractivity contribution < 1.29 is 4.39 Å². The highest BCUT2D eigenvalue weighted by Gasteiger charge is 2.05. The Hall–Kier alpha value is -1.07. The number of nitrogen functional groups attached to an aromatic ring is 1. The number of rotatable bonds is 3. The fourth-order valence-electron chi connectivity index (χ4n) is 1.35. The molecule has 0 spiro atoms. The van der Waals surface area contributed by atoms with Crippen molar-refractivity contribution in [2.45, 2.75) is 6.54 Å². The van der Waals surface area contributed by atoms with Crippen LogP contribution >= 0.6 is 27.3 Å². The highest BCUT2D eigenvalue weighted by Crippen LogP contribution is 2.25. The summed E-state index contributed by atoms with van der Waals surface area (Å²) in [4.78, 5) is 1.12. The lowest BCUT2D eigenvalue weighted by Gasteiger charge is -2.08. The summed E-state index contributed by atoms with van der Waals surface area (Å²) >= 11 is 4.98. The second kappa shape index (κ2) is 4.84. The number of thiophene rings is 1. The zero-order chi connectivity index (χ0) is 11.5. The fraction of sp³-hybridized carbons (Fsp3) is 0.0909. The first-order valence-corrected chi connectivity index (χ1v) is 6.35. The van der Waals surface area contributed by atoms with Crippen LogP contribution in [0.4, 0.5) is 15.8 Å². The van der Waals surface area contributed by atoms with Gasteiger partial charge in [-0.2, -0.15) is 0 Å². The SMILES string of the molecule is Nc1cccc(F)c1NCc1cc(Br)cs1. The van der Waals surface area contributed by atoms with Crippen molar-refractivity contribution in [3.8, 4) is 0 Å². The number of nitrogens with two attached hydrogens (primary N) is 1. The van der Waals surface area contributed by atoms with Crippen molar-refractivity contribution in [3.63, 3.8) is 0 Å². The molecule has 0 amide bonds. The molecule has 0 aliphatic heterocycles. The third-order valence-electron chi connectivity index (χ3n) is 2.11. The van der Waals surface area contributed by atoms with Crippen molar-refractivity contribution in [2.24, 2.45) is 0 Å². The van der Waals surface area contributed by atoms with Gasteiger partial charge in [-0.3, -0.25) is 0 Å². The normalized spacial score (nSPS) is 10.4. The minimum Gasteiger partial charge on any atom is -0.397 e. The lowest BCUT2D eigenvalue weighted by molar-refractivity contribution is 0.631. The number of para-hydroxylation sites is 1. The van der Waals surface area contributed by atoms with Gasteiger partial charge in [0, 0.05) is 21.3 Å². The predicted molar refractivity (Wildman–Crippen MR) is 70.2 cm³/mol. The Labute approximate surface area is 105 Å². The van der Waals surface area contributed by atoms with Gasteiger partial charge in [0.15, 0.2) is 0 Å². The summed E-state index contributed by atoms with van der Waals surface area (Å²) in [7, 11) is 0. The van der Waals surface area contributed by atoms with Gasteiger partial charge >= 0.3 is 0 Å². The van der Waals surface area contributed by atoms with Crippen molar-refractivity contribution in [3.05, 3.63) is 44.8 Å². The minimum absolute atomic E-state index is 0.323. The molecule has 0 radical (unpaired) electrons. The molecule has 1 aromatic heterocycles. The standard InChI is InChI=1S/C11H10BrFN2S/c12-7-4-8(16-6-7)5-15-11-9(13)2-1-3-10(11)14/h1-4,6,15H,5,14H2. The van der Waals surface area contributed by atoms with Crippen molar-refractivity contribution in [1.29, 1.82) is 0 Å². The monoisotopic (exact) mass is 300 g/mol. The van der Waals surface area contributed by atoms with E-state index in [9.17, 15) is 4.39 Å². The van der Waals surface area contributed by atoms with Gasteiger partial charge in [-0.05, 0) is 34.1 Å². The Kier molecular flexibility index (Phi) is 3.46. The Morgan fingerprint density at radius 2 is 2.25 bits per heavy atom. The number of anilines is 2. The first-order valence-electron chi connectivity index (χ1n) is 4.67. The van der Waals surface area contributed by atoms with Gasteiger partial charge in [0.1, 0.15) is 5.82 Å². The van der Waals surface area contributed by atoms with E-state index in [1.54, 1.807) is 23.5 Å². The molecular weight excluding hydrogens is 291 g/mol. The number of hydrogen-bond donors (Lipinski definition) is 2. The van der Waals surface area contributed by atoms with E-state index in [2.05, 4.69) is 21.2 Å². The Morgan fingerprint density at radius 1 is 1.44 bits per heavy atom. The van der Waals surface area contributed by atoms with Gasteiger partial charge in [0.2, 0.25) is 0 Å². The lowest BCUT2D eigenvalue weighted by atomic mass is 10.2. The van der Waals surface area contributed by atoms with Crippen molar-refractivity contribution >= 4 is 38.6 Å². The zero-order valence-electron chi connectivity index (χ0n) is 8.34. The summed E-state index contributed by atoms with van der Waals surface area (Å²) in [5, 5.41) is 4.99. The number of benzene rings is 1. The van der Waals surface area contributed by atoms with Crippen LogP contribution in [0.3, 0.4) is 0 Å². The molecule has 0 atom stereocenters. The van der Waals surface area contributed by atoms with E-state index in [0.717, 1.165) is 9.35 Å². The van der Waals surface area contributed by atoms with E-state index >= 15 is 0 Å². The first kappa shape index (κ1) is 11.4. The van der Waals surface area contributed by atoms with Crippen LogP contribution in [-0.4, -0.2) is 0 Å². The molecular formula is C11H10BrFN2S. The highest BCUT2D eigenvalue weighted by molar-refractivity contribution is 9.10. The third kappa shape index (κ3) is 2.54. The fourth-order valence-corrected chi connectivity index (χ4v) is 2.74. The molecule has 0 unspecified atom stereocenters. The van der Waals surface area contributed by atoms with Gasteiger partial charge in [0.25, 0.3) is 0 Å². The molecule has 16 heavy (non-hydrogen) atoms. The Balaban J connectivity index is 2.10. The van der Waals surface area contributed by atoms with Crippen LogP contribution in [0.1, 0.15) is 4.88 Å². The maximum absolute atomic E-state index is 13.4. The van der Waals surface area contributed by atoms with Crippen LogP contribution in [0.5, 0.6) is 0 Å². The summed E-state index contributed by atoms with van der Waals surface area (Å²) in [6.07, 6.45) is 0. The summed E-state index contributed by atoms with van der Waals surface area (Å²) < 4.78 is 14.4. The van der Waals surface area contributed by atoms with Gasteiger partial charge < -0.3 is 11.1 Å². The minimum atomic E-state index is -0.323. The van der Waals surface area contributed by atoms with Gasteiger partial charge in [-0.15, -0.1) is 11.3 Å². The van der Waals surface area contributed by atoms with Crippen molar-refractivity contribution in [1.82, 2.24) is 0 Å². The van der Waals surface area contributed by atoms with Crippen LogP contribution in [0.2, 0.25) is 0 Å². The zero-order valence-corrected chi connectivity index (χ0v) is 10.7. The van der Waals surface area contributed by atoms with Crippen LogP contribution in [0.25, 0.3) is 0 Å². The average molecular weight is 301 g/mol. The van der Waals surface area contributed by atoms with E-state index in [1.807, 2.05) is 11.4 Å². The average Bonchev–Trinajstić information content (AvgIpc) is 2.63. The molecule has 0 aliphatic rings. The second-order valence-electron chi connectivity index (χ2n) is 3.29. The summed E-state index contributed by atoms with van der Waals surface area (Å²) in [5.74, 6) is -0.323. The first-order chi connectivity index (χ1) is 7.66. The molecule has 2 aromatic rings. The van der Waals surface area contributed by atoms with E-state index in [1.165, 1.54) is 6.07 Å². The molecule has 0 aliphatic carbocycles. The highest BCUT2D eigenvalue weighted by atomic mass is 79.9. The topological polar surface area (TPSA) is 38.0 Å². The third-order valence-corrected chi connectivity index (χ3v) is 3.80. The van der Waals surface area contributed by atoms with Crippen molar-refractivity contribution in [2.75, 3.05) is 11.1 Å². The molecule has 0 bridgehead atoms. The number of hydrogen-bond acceptors (Lipinski definition) is 3. The van der Waals surface area contributed by atoms with Crippen LogP contribution in [0.15, 0.2) is 34.1 Å². The summed E-state index contributed by atoms with van der Waals surface area (Å²) in [5.41, 5.74) is 6.48. The molecule has 3 N–H and O–H groups in total. The quantitative estimate of drug-likeness (QED) is 0.845. The maximum atomic E-state index is 13.4. The Morgan fingerprint density at radius 3 is 2.88 bits per heavy atom. The smallest absolute Gasteiger partial charge is 0.148 e. The number of halogens is 2. The van der Waals surface area contributed by atoms with Crippen LogP contribution in [-0.2, 0) is 6.54 Å². The van der Waals surface area contributed by atoms with Gasteiger partial charge in [0.05, 0.1) is 11.4 Å². The van der Waals surface area contributed by atoms with E-state index in [0.29, 0.717) is 17.9 Å². The van der Waals surface area contributed by atoms with Crippen LogP contribution in [0, 0.1) is 5.82 Å². The molecule has 0 saturated carbocycles. The van der Waals surface area contributed by atoms with E-state index < -0.39 is 0 Å². The second-order valence-corrected chi connectivity index (χ2v) is 5.20.